The summed E-state index contributed by atoms with van der Waals surface area (Å²) in [5.41, 5.74) is 0.992. The molecule has 4 N–H and O–H groups in total. The van der Waals surface area contributed by atoms with Gasteiger partial charge in [-0.25, -0.2) is 0 Å². The van der Waals surface area contributed by atoms with Crippen LogP contribution < -0.4 is 25.4 Å². The first-order valence-electron chi connectivity index (χ1n) is 12.8. The highest BCUT2D eigenvalue weighted by molar-refractivity contribution is 6.02. The first kappa shape index (κ1) is 27.7. The van der Waals surface area contributed by atoms with Gasteiger partial charge in [0.05, 0.1) is 13.2 Å². The SMILES string of the molecule is COc1cccc2[nH]c(C(=O)N[C@@H](CC(C)C)C(=O)N[C@@H](C[C@@H]3CCNC3=O)C(=O)COc3cnoc3)cc12. The summed E-state index contributed by atoms with van der Waals surface area (Å²) in [6.07, 6.45) is 3.58. The zero-order valence-electron chi connectivity index (χ0n) is 22.1. The number of benzene rings is 1. The van der Waals surface area contributed by atoms with Crippen LogP contribution in [0.2, 0.25) is 0 Å². The minimum Gasteiger partial charge on any atom is -0.496 e. The third-order valence-electron chi connectivity index (χ3n) is 6.60. The van der Waals surface area contributed by atoms with Crippen molar-refractivity contribution in [2.45, 2.75) is 45.2 Å². The van der Waals surface area contributed by atoms with E-state index in [2.05, 4.69) is 26.1 Å². The molecule has 0 bridgehead atoms. The zero-order chi connectivity index (χ0) is 27.9. The van der Waals surface area contributed by atoms with E-state index < -0.39 is 35.6 Å². The van der Waals surface area contributed by atoms with Crippen molar-refractivity contribution in [3.8, 4) is 11.5 Å². The van der Waals surface area contributed by atoms with Crippen LogP contribution in [0.3, 0.4) is 0 Å². The molecule has 39 heavy (non-hydrogen) atoms. The number of fused-ring (bicyclic) bond motifs is 1. The Morgan fingerprint density at radius 3 is 2.69 bits per heavy atom. The molecule has 3 aromatic rings. The molecule has 1 fully saturated rings. The van der Waals surface area contributed by atoms with Crippen LogP contribution in [0, 0.1) is 11.8 Å². The van der Waals surface area contributed by atoms with Crippen LogP contribution >= 0.6 is 0 Å². The maximum Gasteiger partial charge on any atom is 0.268 e. The Kier molecular flexibility index (Phi) is 8.84. The van der Waals surface area contributed by atoms with Crippen LogP contribution in [0.15, 0.2) is 41.2 Å². The highest BCUT2D eigenvalue weighted by atomic mass is 16.5. The molecule has 12 heteroatoms. The first-order valence-corrected chi connectivity index (χ1v) is 12.8. The molecule has 0 unspecified atom stereocenters. The molecule has 0 saturated carbocycles. The van der Waals surface area contributed by atoms with Crippen molar-refractivity contribution in [2.24, 2.45) is 11.8 Å². The largest absolute Gasteiger partial charge is 0.496 e. The smallest absolute Gasteiger partial charge is 0.268 e. The van der Waals surface area contributed by atoms with E-state index in [0.29, 0.717) is 25.1 Å². The molecule has 1 aromatic carbocycles. The number of carbonyl (C=O) groups is 4. The van der Waals surface area contributed by atoms with E-state index >= 15 is 0 Å². The van der Waals surface area contributed by atoms with Crippen molar-refractivity contribution < 1.29 is 33.2 Å². The van der Waals surface area contributed by atoms with E-state index in [1.165, 1.54) is 12.5 Å². The fourth-order valence-electron chi connectivity index (χ4n) is 4.59. The van der Waals surface area contributed by atoms with Crippen molar-refractivity contribution in [1.82, 2.24) is 26.1 Å². The van der Waals surface area contributed by atoms with Crippen LogP contribution in [0.1, 0.15) is 43.6 Å². The van der Waals surface area contributed by atoms with Crippen LogP contribution in [-0.2, 0) is 14.4 Å². The Hall–Kier alpha value is -4.35. The van der Waals surface area contributed by atoms with Crippen LogP contribution in [0.25, 0.3) is 10.9 Å². The summed E-state index contributed by atoms with van der Waals surface area (Å²) in [6.45, 7) is 4.02. The number of rotatable bonds is 13. The quantitative estimate of drug-likeness (QED) is 0.256. The number of nitrogens with one attached hydrogen (secondary N) is 4. The number of hydrogen-bond donors (Lipinski definition) is 4. The Morgan fingerprint density at radius 1 is 1.21 bits per heavy atom. The lowest BCUT2D eigenvalue weighted by Crippen LogP contribution is -2.53. The Labute approximate surface area is 225 Å². The fourth-order valence-corrected chi connectivity index (χ4v) is 4.59. The average Bonchev–Trinajstić information content (AvgIpc) is 3.67. The van der Waals surface area contributed by atoms with Gasteiger partial charge in [-0.3, -0.25) is 19.2 Å². The summed E-state index contributed by atoms with van der Waals surface area (Å²) in [4.78, 5) is 55.0. The monoisotopic (exact) mass is 539 g/mol. The van der Waals surface area contributed by atoms with Gasteiger partial charge in [0.25, 0.3) is 5.91 Å². The summed E-state index contributed by atoms with van der Waals surface area (Å²) < 4.78 is 15.5. The third-order valence-corrected chi connectivity index (χ3v) is 6.60. The first-order chi connectivity index (χ1) is 18.7. The molecule has 1 saturated heterocycles. The van der Waals surface area contributed by atoms with Gasteiger partial charge in [0.2, 0.25) is 11.8 Å². The van der Waals surface area contributed by atoms with Crippen molar-refractivity contribution >= 4 is 34.4 Å². The number of amides is 3. The maximum atomic E-state index is 13.4. The standard InChI is InChI=1S/C27H33N5O7/c1-15(2)9-21(32-27(36)22-11-18-19(30-22)5-4-6-24(18)37-3)26(35)31-20(10-16-7-8-28-25(16)34)23(33)14-38-17-12-29-39-13-17/h4-6,11-13,15-16,20-21,30H,7-10,14H2,1-3H3,(H,28,34)(H,31,35)(H,32,36)/t16-,20-,21-/m0/s1. The Balaban J connectivity index is 1.49. The number of carbonyl (C=O) groups excluding carboxylic acids is 4. The Bertz CT molecular complexity index is 1320. The van der Waals surface area contributed by atoms with Gasteiger partial charge in [-0.15, -0.1) is 0 Å². The van der Waals surface area contributed by atoms with E-state index in [1.54, 1.807) is 19.2 Å². The van der Waals surface area contributed by atoms with Gasteiger partial charge in [-0.1, -0.05) is 25.1 Å². The summed E-state index contributed by atoms with van der Waals surface area (Å²) in [5.74, 6) is -1.04. The molecular formula is C27H33N5O7. The summed E-state index contributed by atoms with van der Waals surface area (Å²) >= 11 is 0. The van der Waals surface area contributed by atoms with E-state index in [0.717, 1.165) is 10.9 Å². The van der Waals surface area contributed by atoms with Gasteiger partial charge in [-0.2, -0.15) is 0 Å². The lowest BCUT2D eigenvalue weighted by Gasteiger charge is -2.25. The number of nitrogens with zero attached hydrogens (tertiary/aromatic N) is 1. The van der Waals surface area contributed by atoms with Gasteiger partial charge >= 0.3 is 0 Å². The molecule has 1 aliphatic heterocycles. The molecule has 2 aromatic heterocycles. The van der Waals surface area contributed by atoms with Gasteiger partial charge in [-0.05, 0) is 43.4 Å². The average molecular weight is 540 g/mol. The van der Waals surface area contributed by atoms with E-state index in [9.17, 15) is 19.2 Å². The lowest BCUT2D eigenvalue weighted by molar-refractivity contribution is -0.131. The molecule has 208 valence electrons. The van der Waals surface area contributed by atoms with Crippen molar-refractivity contribution in [3.05, 3.63) is 42.4 Å². The molecule has 1 aliphatic rings. The number of hydrogen-bond acceptors (Lipinski definition) is 8. The van der Waals surface area contributed by atoms with E-state index in [-0.39, 0.29) is 36.3 Å². The van der Waals surface area contributed by atoms with Gasteiger partial charge in [0, 0.05) is 23.4 Å². The van der Waals surface area contributed by atoms with Crippen molar-refractivity contribution in [1.29, 1.82) is 0 Å². The molecule has 0 spiro atoms. The minimum absolute atomic E-state index is 0.0653. The predicted molar refractivity (Wildman–Crippen MR) is 140 cm³/mol. The topological polar surface area (TPSA) is 165 Å². The van der Waals surface area contributed by atoms with Crippen molar-refractivity contribution in [2.75, 3.05) is 20.3 Å². The van der Waals surface area contributed by atoms with Gasteiger partial charge in [0.1, 0.15) is 30.3 Å². The number of ether oxygens (including phenoxy) is 2. The molecule has 3 amide bonds. The van der Waals surface area contributed by atoms with Gasteiger partial charge in [0.15, 0.2) is 17.8 Å². The van der Waals surface area contributed by atoms with E-state index in [1.807, 2.05) is 26.0 Å². The minimum atomic E-state index is -0.991. The molecule has 4 rings (SSSR count). The van der Waals surface area contributed by atoms with Crippen LogP contribution in [0.5, 0.6) is 11.5 Å². The van der Waals surface area contributed by atoms with Gasteiger partial charge < -0.3 is 34.9 Å². The van der Waals surface area contributed by atoms with Crippen LogP contribution in [0.4, 0.5) is 0 Å². The highest BCUT2D eigenvalue weighted by Crippen LogP contribution is 2.26. The number of ketones is 1. The second-order valence-corrected chi connectivity index (χ2v) is 9.95. The number of aromatic nitrogens is 2. The second-order valence-electron chi connectivity index (χ2n) is 9.95. The number of methoxy groups -OCH3 is 1. The maximum absolute atomic E-state index is 13.4. The molecule has 0 aliphatic carbocycles. The summed E-state index contributed by atoms with van der Waals surface area (Å²) in [7, 11) is 1.55. The molecule has 3 atom stereocenters. The van der Waals surface area contributed by atoms with Crippen LogP contribution in [-0.4, -0.2) is 66.0 Å². The summed E-state index contributed by atoms with van der Waals surface area (Å²) in [6, 6.07) is 5.18. The predicted octanol–water partition coefficient (Wildman–Crippen LogP) is 1.97. The van der Waals surface area contributed by atoms with Crippen molar-refractivity contribution in [3.63, 3.8) is 0 Å². The molecule has 0 radical (unpaired) electrons. The molecule has 12 nitrogen and oxygen atoms in total. The highest BCUT2D eigenvalue weighted by Gasteiger charge is 2.33. The zero-order valence-corrected chi connectivity index (χ0v) is 22.1. The lowest BCUT2D eigenvalue weighted by atomic mass is 9.95. The number of H-pyrrole nitrogens is 1. The summed E-state index contributed by atoms with van der Waals surface area (Å²) in [5, 5.41) is 12.6. The Morgan fingerprint density at radius 2 is 2.03 bits per heavy atom. The fraction of sp³-hybridized carbons (Fsp3) is 0.444. The van der Waals surface area contributed by atoms with E-state index in [4.69, 9.17) is 14.0 Å². The number of aromatic amines is 1. The number of Topliss-reactive ketones (excluding diaryl/α,β-unsaturated/α-hetero) is 1. The third kappa shape index (κ3) is 6.95. The second kappa shape index (κ2) is 12.5. The molecule has 3 heterocycles. The molecular weight excluding hydrogens is 506 g/mol. The normalized spacial score (nSPS) is 16.5.